The van der Waals surface area contributed by atoms with Crippen molar-refractivity contribution in [3.05, 3.63) is 53.6 Å². The summed E-state index contributed by atoms with van der Waals surface area (Å²) in [5.74, 6) is 1.92. The highest BCUT2D eigenvalue weighted by molar-refractivity contribution is 6.03. The molecule has 4 rings (SSSR count). The monoisotopic (exact) mass is 494 g/mol. The SMILES string of the molecule is COC(=O)C[C@@H]1CCN(C(=O)COc2ccccc2)C[C@@H]1CC1=NCCc2cc(OC)c(OC)cc21. The number of para-hydroxylation sites is 1. The van der Waals surface area contributed by atoms with E-state index in [1.165, 1.54) is 12.7 Å². The lowest BCUT2D eigenvalue weighted by Gasteiger charge is -2.39. The number of piperidine rings is 1. The molecule has 36 heavy (non-hydrogen) atoms. The third-order valence-corrected chi connectivity index (χ3v) is 7.07. The van der Waals surface area contributed by atoms with Crippen molar-refractivity contribution in [2.75, 3.05) is 47.6 Å². The highest BCUT2D eigenvalue weighted by Crippen LogP contribution is 2.36. The number of aliphatic imine (C=N–C) groups is 1. The lowest BCUT2D eigenvalue weighted by molar-refractivity contribution is -0.143. The first-order chi connectivity index (χ1) is 17.5. The highest BCUT2D eigenvalue weighted by atomic mass is 16.5. The van der Waals surface area contributed by atoms with Crippen LogP contribution >= 0.6 is 0 Å². The van der Waals surface area contributed by atoms with E-state index in [4.69, 9.17) is 23.9 Å². The highest BCUT2D eigenvalue weighted by Gasteiger charge is 2.35. The summed E-state index contributed by atoms with van der Waals surface area (Å²) in [6, 6.07) is 13.3. The van der Waals surface area contributed by atoms with Crippen molar-refractivity contribution in [3.63, 3.8) is 0 Å². The van der Waals surface area contributed by atoms with Crippen LogP contribution in [0.25, 0.3) is 0 Å². The molecule has 0 bridgehead atoms. The Balaban J connectivity index is 1.51. The Bertz CT molecular complexity index is 1100. The van der Waals surface area contributed by atoms with Gasteiger partial charge in [-0.1, -0.05) is 18.2 Å². The maximum absolute atomic E-state index is 13.0. The van der Waals surface area contributed by atoms with E-state index in [9.17, 15) is 9.59 Å². The van der Waals surface area contributed by atoms with E-state index in [1.807, 2.05) is 47.4 Å². The number of amides is 1. The van der Waals surface area contributed by atoms with Gasteiger partial charge in [0.2, 0.25) is 0 Å². The van der Waals surface area contributed by atoms with E-state index in [0.29, 0.717) is 49.7 Å². The molecule has 2 atom stereocenters. The molecule has 0 aromatic heterocycles. The molecular weight excluding hydrogens is 460 g/mol. The van der Waals surface area contributed by atoms with Crippen molar-refractivity contribution >= 4 is 17.6 Å². The number of carbonyl (C=O) groups excluding carboxylic acids is 2. The van der Waals surface area contributed by atoms with Crippen LogP contribution in [0.4, 0.5) is 0 Å². The number of methoxy groups -OCH3 is 3. The van der Waals surface area contributed by atoms with Crippen LogP contribution in [0, 0.1) is 11.8 Å². The lowest BCUT2D eigenvalue weighted by Crippen LogP contribution is -2.46. The third kappa shape index (κ3) is 5.98. The van der Waals surface area contributed by atoms with E-state index >= 15 is 0 Å². The molecule has 1 amide bonds. The van der Waals surface area contributed by atoms with Crippen LogP contribution in [0.1, 0.15) is 30.4 Å². The summed E-state index contributed by atoms with van der Waals surface area (Å²) in [7, 11) is 4.67. The van der Waals surface area contributed by atoms with Crippen LogP contribution in [0.15, 0.2) is 47.5 Å². The summed E-state index contributed by atoms with van der Waals surface area (Å²) >= 11 is 0. The first kappa shape index (κ1) is 25.5. The van der Waals surface area contributed by atoms with Crippen LogP contribution in [-0.2, 0) is 20.7 Å². The van der Waals surface area contributed by atoms with E-state index < -0.39 is 0 Å². The Morgan fingerprint density at radius 1 is 1.03 bits per heavy atom. The van der Waals surface area contributed by atoms with Crippen LogP contribution in [-0.4, -0.2) is 70.1 Å². The number of likely N-dealkylation sites (tertiary alicyclic amines) is 1. The Labute approximate surface area is 212 Å². The number of fused-ring (bicyclic) bond motifs is 1. The number of esters is 1. The smallest absolute Gasteiger partial charge is 0.305 e. The quantitative estimate of drug-likeness (QED) is 0.496. The summed E-state index contributed by atoms with van der Waals surface area (Å²) in [5.41, 5.74) is 3.20. The van der Waals surface area contributed by atoms with Crippen molar-refractivity contribution in [2.45, 2.75) is 25.7 Å². The third-order valence-electron chi connectivity index (χ3n) is 7.07. The normalized spacial score (nSPS) is 19.1. The van der Waals surface area contributed by atoms with Crippen molar-refractivity contribution in [3.8, 4) is 17.2 Å². The summed E-state index contributed by atoms with van der Waals surface area (Å²) in [4.78, 5) is 31.9. The molecule has 2 aromatic carbocycles. The second-order valence-corrected chi connectivity index (χ2v) is 9.18. The molecule has 0 N–H and O–H groups in total. The Morgan fingerprint density at radius 3 is 2.50 bits per heavy atom. The molecule has 2 heterocycles. The van der Waals surface area contributed by atoms with E-state index in [1.54, 1.807) is 14.2 Å². The van der Waals surface area contributed by atoms with Crippen LogP contribution in [0.3, 0.4) is 0 Å². The van der Waals surface area contributed by atoms with Crippen LogP contribution in [0.5, 0.6) is 17.2 Å². The first-order valence-corrected chi connectivity index (χ1v) is 12.3. The molecule has 1 saturated heterocycles. The lowest BCUT2D eigenvalue weighted by atomic mass is 9.78. The fourth-order valence-electron chi connectivity index (χ4n) is 5.07. The molecule has 2 aliphatic rings. The van der Waals surface area contributed by atoms with Gasteiger partial charge in [-0.2, -0.15) is 0 Å². The summed E-state index contributed by atoms with van der Waals surface area (Å²) in [6.07, 6.45) is 2.54. The standard InChI is InChI=1S/C28H34N2O6/c1-33-25-14-20-9-11-29-24(23(20)16-26(25)34-2)13-21-17-30(12-10-19(21)15-28(32)35-3)27(31)18-36-22-7-5-4-6-8-22/h4-8,14,16,19,21H,9-13,15,17-18H2,1-3H3/t19-,21-/m0/s1. The van der Waals surface area contributed by atoms with Crippen molar-refractivity contribution < 1.29 is 28.5 Å². The fraction of sp³-hybridized carbons (Fsp3) is 0.464. The van der Waals surface area contributed by atoms with Gasteiger partial charge in [-0.3, -0.25) is 14.6 Å². The minimum atomic E-state index is -0.227. The van der Waals surface area contributed by atoms with Gasteiger partial charge in [0.15, 0.2) is 18.1 Å². The van der Waals surface area contributed by atoms with Gasteiger partial charge in [0.25, 0.3) is 5.91 Å². The number of rotatable bonds is 9. The molecule has 0 aliphatic carbocycles. The molecule has 192 valence electrons. The van der Waals surface area contributed by atoms with Crippen molar-refractivity contribution in [1.82, 2.24) is 4.90 Å². The van der Waals surface area contributed by atoms with Gasteiger partial charge in [0.1, 0.15) is 5.75 Å². The maximum atomic E-state index is 13.0. The summed E-state index contributed by atoms with van der Waals surface area (Å²) in [6.45, 7) is 1.81. The zero-order chi connectivity index (χ0) is 25.5. The number of ether oxygens (including phenoxy) is 4. The largest absolute Gasteiger partial charge is 0.493 e. The molecular formula is C28H34N2O6. The average molecular weight is 495 g/mol. The Kier molecular flexibility index (Phi) is 8.46. The van der Waals surface area contributed by atoms with Gasteiger partial charge in [-0.15, -0.1) is 0 Å². The van der Waals surface area contributed by atoms with Gasteiger partial charge in [-0.05, 0) is 60.9 Å². The molecule has 2 aromatic rings. The van der Waals surface area contributed by atoms with Gasteiger partial charge in [0, 0.05) is 37.3 Å². The Morgan fingerprint density at radius 2 is 1.78 bits per heavy atom. The van der Waals surface area contributed by atoms with Gasteiger partial charge in [-0.25, -0.2) is 0 Å². The second kappa shape index (κ2) is 11.9. The zero-order valence-corrected chi connectivity index (χ0v) is 21.2. The Hall–Kier alpha value is -3.55. The zero-order valence-electron chi connectivity index (χ0n) is 21.2. The predicted octanol–water partition coefficient (Wildman–Crippen LogP) is 3.55. The molecule has 1 fully saturated rings. The van der Waals surface area contributed by atoms with E-state index in [-0.39, 0.29) is 30.3 Å². The van der Waals surface area contributed by atoms with Crippen LogP contribution < -0.4 is 14.2 Å². The number of benzene rings is 2. The van der Waals surface area contributed by atoms with E-state index in [0.717, 1.165) is 24.1 Å². The summed E-state index contributed by atoms with van der Waals surface area (Å²) < 4.78 is 21.7. The average Bonchev–Trinajstić information content (AvgIpc) is 2.92. The molecule has 8 heteroatoms. The summed E-state index contributed by atoms with van der Waals surface area (Å²) in [5, 5.41) is 0. The molecule has 0 unspecified atom stereocenters. The molecule has 8 nitrogen and oxygen atoms in total. The van der Waals surface area contributed by atoms with Gasteiger partial charge < -0.3 is 23.8 Å². The number of carbonyl (C=O) groups is 2. The van der Waals surface area contributed by atoms with Gasteiger partial charge >= 0.3 is 5.97 Å². The molecule has 0 radical (unpaired) electrons. The van der Waals surface area contributed by atoms with Crippen LogP contribution in [0.2, 0.25) is 0 Å². The predicted molar refractivity (Wildman–Crippen MR) is 136 cm³/mol. The van der Waals surface area contributed by atoms with Gasteiger partial charge in [0.05, 0.1) is 21.3 Å². The van der Waals surface area contributed by atoms with Crippen molar-refractivity contribution in [1.29, 1.82) is 0 Å². The first-order valence-electron chi connectivity index (χ1n) is 12.3. The number of hydrogen-bond donors (Lipinski definition) is 0. The molecule has 2 aliphatic heterocycles. The topological polar surface area (TPSA) is 86.7 Å². The maximum Gasteiger partial charge on any atom is 0.305 e. The van der Waals surface area contributed by atoms with Crippen molar-refractivity contribution in [2.24, 2.45) is 16.8 Å². The fourth-order valence-corrected chi connectivity index (χ4v) is 5.07. The molecule has 0 spiro atoms. The number of hydrogen-bond acceptors (Lipinski definition) is 7. The minimum Gasteiger partial charge on any atom is -0.493 e. The molecule has 0 saturated carbocycles. The van der Waals surface area contributed by atoms with E-state index in [2.05, 4.69) is 0 Å². The minimum absolute atomic E-state index is 0.0147. The number of nitrogens with zero attached hydrogens (tertiary/aromatic N) is 2. The second-order valence-electron chi connectivity index (χ2n) is 9.18.